The summed E-state index contributed by atoms with van der Waals surface area (Å²) in [5, 5.41) is 0. The topological polar surface area (TPSA) is 109 Å². The third kappa shape index (κ3) is 35.8. The molecule has 0 aliphatic carbocycles. The predicted octanol–water partition coefficient (Wildman–Crippen LogP) is 9.68. The van der Waals surface area contributed by atoms with Gasteiger partial charge in [-0.15, -0.1) is 0 Å². The Morgan fingerprint density at radius 1 is 0.237 bits per heavy atom. The summed E-state index contributed by atoms with van der Waals surface area (Å²) < 4.78 is 59.9. The Hall–Kier alpha value is -0.180. The molecule has 0 rings (SSSR count). The first-order valence-electron chi connectivity index (χ1n) is 16.1. The highest BCUT2D eigenvalue weighted by atomic mass is 32.2. The lowest BCUT2D eigenvalue weighted by molar-refractivity contribution is 0.476. The van der Waals surface area contributed by atoms with Crippen LogP contribution in [0.3, 0.4) is 0 Å². The van der Waals surface area contributed by atoms with Crippen molar-refractivity contribution in [2.75, 3.05) is 11.5 Å². The second-order valence-electron chi connectivity index (χ2n) is 11.5. The van der Waals surface area contributed by atoms with Gasteiger partial charge in [0.05, 0.1) is 11.5 Å². The Morgan fingerprint density at radius 3 is 0.447 bits per heavy atom. The monoisotopic (exact) mass is 582 g/mol. The molecule has 0 aliphatic heterocycles. The molecule has 0 aromatic rings. The molecule has 0 aromatic carbocycles. The normalized spacial score (nSPS) is 12.4. The molecule has 0 radical (unpaired) electrons. The summed E-state index contributed by atoms with van der Waals surface area (Å²) in [5.41, 5.74) is 0. The first kappa shape index (κ1) is 37.8. The largest absolute Gasteiger partial charge is 0.286 e. The van der Waals surface area contributed by atoms with Crippen molar-refractivity contribution in [1.82, 2.24) is 0 Å². The van der Waals surface area contributed by atoms with Crippen LogP contribution in [0.15, 0.2) is 0 Å². The first-order valence-corrected chi connectivity index (χ1v) is 19.3. The van der Waals surface area contributed by atoms with Crippen LogP contribution < -0.4 is 0 Å². The van der Waals surface area contributed by atoms with E-state index in [9.17, 15) is 16.8 Å². The van der Waals surface area contributed by atoms with E-state index in [0.717, 1.165) is 25.7 Å². The van der Waals surface area contributed by atoms with Crippen LogP contribution in [0, 0.1) is 0 Å². The average molecular weight is 583 g/mol. The quantitative estimate of drug-likeness (QED) is 0.0622. The molecule has 0 heterocycles. The molecule has 8 heteroatoms. The van der Waals surface area contributed by atoms with Gasteiger partial charge in [-0.25, -0.2) is 0 Å². The van der Waals surface area contributed by atoms with Gasteiger partial charge < -0.3 is 0 Å². The van der Waals surface area contributed by atoms with Crippen LogP contribution in [-0.4, -0.2) is 37.4 Å². The summed E-state index contributed by atoms with van der Waals surface area (Å²) in [6.45, 7) is 0. The smallest absolute Gasteiger partial charge is 0.264 e. The van der Waals surface area contributed by atoms with Gasteiger partial charge in [-0.1, -0.05) is 167 Å². The maximum atomic E-state index is 10.6. The molecule has 0 atom stereocenters. The standard InChI is InChI=1S/C30H62O6S2/c31-37(32,33)29-27-25-23-21-19-17-15-13-11-9-7-5-3-1-2-4-6-8-10-12-14-16-18-20-22-24-26-28-30-38(34,35)36/h1-30H2,(H,31,32,33)(H,34,35,36). The molecule has 0 bridgehead atoms. The maximum Gasteiger partial charge on any atom is 0.264 e. The van der Waals surface area contributed by atoms with E-state index in [4.69, 9.17) is 9.11 Å². The summed E-state index contributed by atoms with van der Waals surface area (Å²) in [6.07, 6.45) is 34.6. The Kier molecular flexibility index (Phi) is 26.9. The molecule has 0 saturated heterocycles. The molecule has 2 N–H and O–H groups in total. The van der Waals surface area contributed by atoms with E-state index in [1.807, 2.05) is 0 Å². The van der Waals surface area contributed by atoms with Crippen molar-refractivity contribution in [3.8, 4) is 0 Å². The van der Waals surface area contributed by atoms with Crippen LogP contribution >= 0.6 is 0 Å². The summed E-state index contributed by atoms with van der Waals surface area (Å²) in [4.78, 5) is 0. The van der Waals surface area contributed by atoms with Gasteiger partial charge in [0.1, 0.15) is 0 Å². The fourth-order valence-electron chi connectivity index (χ4n) is 5.17. The van der Waals surface area contributed by atoms with Crippen molar-refractivity contribution in [2.24, 2.45) is 0 Å². The predicted molar refractivity (Wildman–Crippen MR) is 162 cm³/mol. The van der Waals surface area contributed by atoms with E-state index >= 15 is 0 Å². The van der Waals surface area contributed by atoms with Crippen molar-refractivity contribution in [1.29, 1.82) is 0 Å². The van der Waals surface area contributed by atoms with E-state index in [1.54, 1.807) is 0 Å². The molecule has 0 aliphatic rings. The first-order chi connectivity index (χ1) is 18.2. The van der Waals surface area contributed by atoms with Gasteiger partial charge in [0.15, 0.2) is 0 Å². The molecule has 38 heavy (non-hydrogen) atoms. The van der Waals surface area contributed by atoms with Crippen molar-refractivity contribution < 1.29 is 25.9 Å². The van der Waals surface area contributed by atoms with Crippen LogP contribution in [0.4, 0.5) is 0 Å². The molecule has 0 fully saturated rings. The Balaban J connectivity index is 3.08. The molecule has 0 spiro atoms. The second-order valence-corrected chi connectivity index (χ2v) is 14.6. The zero-order valence-corrected chi connectivity index (χ0v) is 26.2. The summed E-state index contributed by atoms with van der Waals surface area (Å²) >= 11 is 0. The molecule has 0 unspecified atom stereocenters. The van der Waals surface area contributed by atoms with Gasteiger partial charge in [0.2, 0.25) is 0 Å². The van der Waals surface area contributed by atoms with Crippen LogP contribution in [-0.2, 0) is 20.2 Å². The van der Waals surface area contributed by atoms with Crippen LogP contribution in [0.2, 0.25) is 0 Å². The zero-order chi connectivity index (χ0) is 28.2. The molecular weight excluding hydrogens is 520 g/mol. The minimum atomic E-state index is -3.77. The highest BCUT2D eigenvalue weighted by Crippen LogP contribution is 2.16. The highest BCUT2D eigenvalue weighted by Gasteiger charge is 2.04. The van der Waals surface area contributed by atoms with Crippen molar-refractivity contribution in [3.63, 3.8) is 0 Å². The molecule has 0 amide bonds. The van der Waals surface area contributed by atoms with Gasteiger partial charge in [-0.3, -0.25) is 9.11 Å². The molecular formula is C30H62O6S2. The van der Waals surface area contributed by atoms with E-state index in [-0.39, 0.29) is 11.5 Å². The fourth-order valence-corrected chi connectivity index (χ4v) is 6.30. The number of unbranched alkanes of at least 4 members (excludes halogenated alkanes) is 27. The third-order valence-electron chi connectivity index (χ3n) is 7.55. The number of hydrogen-bond donors (Lipinski definition) is 2. The van der Waals surface area contributed by atoms with E-state index in [0.29, 0.717) is 12.8 Å². The Labute approximate surface area is 237 Å². The Morgan fingerprint density at radius 2 is 0.342 bits per heavy atom. The van der Waals surface area contributed by atoms with E-state index in [2.05, 4.69) is 0 Å². The minimum absolute atomic E-state index is 0.0909. The van der Waals surface area contributed by atoms with E-state index in [1.165, 1.54) is 141 Å². The molecule has 0 aromatic heterocycles. The van der Waals surface area contributed by atoms with Gasteiger partial charge in [-0.05, 0) is 12.8 Å². The maximum absolute atomic E-state index is 10.6. The van der Waals surface area contributed by atoms with Crippen molar-refractivity contribution in [3.05, 3.63) is 0 Å². The second kappa shape index (κ2) is 27.0. The van der Waals surface area contributed by atoms with Crippen LogP contribution in [0.1, 0.15) is 180 Å². The molecule has 230 valence electrons. The van der Waals surface area contributed by atoms with Crippen LogP contribution in [0.25, 0.3) is 0 Å². The van der Waals surface area contributed by atoms with Gasteiger partial charge in [0.25, 0.3) is 20.2 Å². The van der Waals surface area contributed by atoms with E-state index < -0.39 is 20.2 Å². The SMILES string of the molecule is O=S(=O)(O)CCCCCCCCCCCCCCCCCCCCCCCCCCCCCCS(=O)(=O)O. The summed E-state index contributed by atoms with van der Waals surface area (Å²) in [6, 6.07) is 0. The number of rotatable bonds is 31. The van der Waals surface area contributed by atoms with Crippen molar-refractivity contribution in [2.45, 2.75) is 180 Å². The summed E-state index contributed by atoms with van der Waals surface area (Å²) in [7, 11) is -7.54. The van der Waals surface area contributed by atoms with Crippen LogP contribution in [0.5, 0.6) is 0 Å². The van der Waals surface area contributed by atoms with Gasteiger partial charge in [-0.2, -0.15) is 16.8 Å². The lowest BCUT2D eigenvalue weighted by Crippen LogP contribution is -2.03. The van der Waals surface area contributed by atoms with Gasteiger partial charge in [0, 0.05) is 0 Å². The fraction of sp³-hybridized carbons (Fsp3) is 1.00. The molecule has 6 nitrogen and oxygen atoms in total. The van der Waals surface area contributed by atoms with Crippen molar-refractivity contribution >= 4 is 20.2 Å². The lowest BCUT2D eigenvalue weighted by atomic mass is 10.0. The number of hydrogen-bond acceptors (Lipinski definition) is 4. The zero-order valence-electron chi connectivity index (χ0n) is 24.6. The highest BCUT2D eigenvalue weighted by molar-refractivity contribution is 7.86. The average Bonchev–Trinajstić information content (AvgIpc) is 2.84. The summed E-state index contributed by atoms with van der Waals surface area (Å²) in [5.74, 6) is -0.182. The Bertz CT molecular complexity index is 632. The third-order valence-corrected chi connectivity index (χ3v) is 9.16. The van der Waals surface area contributed by atoms with Gasteiger partial charge >= 0.3 is 0 Å². The minimum Gasteiger partial charge on any atom is -0.286 e. The lowest BCUT2D eigenvalue weighted by Gasteiger charge is -2.04. The molecule has 0 saturated carbocycles.